The summed E-state index contributed by atoms with van der Waals surface area (Å²) >= 11 is 3.30. The van der Waals surface area contributed by atoms with Crippen LogP contribution in [0.25, 0.3) is 0 Å². The standard InChI is InChI=1S/C11H15BrN2O2S.ClH/c1-13-10-6-7-14(8-10)17(15,16)11-4-2-9(12)3-5-11;/h2-5,10,13H,6-8H2,1H3;1H. The highest BCUT2D eigenvalue weighted by Gasteiger charge is 2.31. The second kappa shape index (κ2) is 6.34. The maximum absolute atomic E-state index is 12.3. The predicted molar refractivity (Wildman–Crippen MR) is 77.6 cm³/mol. The number of hydrogen-bond donors (Lipinski definition) is 1. The van der Waals surface area contributed by atoms with Crippen LogP contribution in [-0.2, 0) is 10.0 Å². The van der Waals surface area contributed by atoms with Gasteiger partial charge in [0.05, 0.1) is 4.90 Å². The smallest absolute Gasteiger partial charge is 0.243 e. The molecule has 0 bridgehead atoms. The zero-order valence-electron chi connectivity index (χ0n) is 9.97. The molecule has 0 saturated carbocycles. The zero-order valence-corrected chi connectivity index (χ0v) is 13.2. The Labute approximate surface area is 122 Å². The van der Waals surface area contributed by atoms with Crippen molar-refractivity contribution in [2.75, 3.05) is 20.1 Å². The van der Waals surface area contributed by atoms with Crippen molar-refractivity contribution in [3.05, 3.63) is 28.7 Å². The van der Waals surface area contributed by atoms with Crippen molar-refractivity contribution in [3.8, 4) is 0 Å². The molecular weight excluding hydrogens is 340 g/mol. The lowest BCUT2D eigenvalue weighted by Crippen LogP contribution is -2.33. The second-order valence-corrected chi connectivity index (χ2v) is 6.94. The lowest BCUT2D eigenvalue weighted by atomic mass is 10.3. The van der Waals surface area contributed by atoms with Gasteiger partial charge in [0.15, 0.2) is 0 Å². The van der Waals surface area contributed by atoms with E-state index in [2.05, 4.69) is 21.2 Å². The Morgan fingerprint density at radius 3 is 2.44 bits per heavy atom. The first kappa shape index (κ1) is 15.9. The number of sulfonamides is 1. The average Bonchev–Trinajstić information content (AvgIpc) is 2.78. The third-order valence-electron chi connectivity index (χ3n) is 3.01. The molecule has 0 radical (unpaired) electrons. The molecule has 7 heteroatoms. The topological polar surface area (TPSA) is 49.4 Å². The van der Waals surface area contributed by atoms with Crippen molar-refractivity contribution in [2.24, 2.45) is 0 Å². The molecule has 18 heavy (non-hydrogen) atoms. The molecule has 1 atom stereocenters. The molecule has 1 fully saturated rings. The molecule has 1 aliphatic rings. The maximum atomic E-state index is 12.3. The van der Waals surface area contributed by atoms with E-state index >= 15 is 0 Å². The van der Waals surface area contributed by atoms with Crippen LogP contribution < -0.4 is 5.32 Å². The van der Waals surface area contributed by atoms with E-state index in [-0.39, 0.29) is 18.4 Å². The molecule has 1 aromatic carbocycles. The highest BCUT2D eigenvalue weighted by atomic mass is 79.9. The molecule has 102 valence electrons. The Morgan fingerprint density at radius 2 is 1.94 bits per heavy atom. The minimum absolute atomic E-state index is 0. The minimum Gasteiger partial charge on any atom is -0.316 e. The predicted octanol–water partition coefficient (Wildman–Crippen LogP) is 1.85. The summed E-state index contributed by atoms with van der Waals surface area (Å²) in [6.07, 6.45) is 0.867. The molecule has 0 spiro atoms. The summed E-state index contributed by atoms with van der Waals surface area (Å²) in [7, 11) is -1.46. The summed E-state index contributed by atoms with van der Waals surface area (Å²) in [4.78, 5) is 0.359. The zero-order chi connectivity index (χ0) is 12.5. The van der Waals surface area contributed by atoms with Gasteiger partial charge in [-0.1, -0.05) is 15.9 Å². The summed E-state index contributed by atoms with van der Waals surface area (Å²) < 4.78 is 27.0. The van der Waals surface area contributed by atoms with E-state index in [0.717, 1.165) is 10.9 Å². The van der Waals surface area contributed by atoms with E-state index < -0.39 is 10.0 Å². The third-order valence-corrected chi connectivity index (χ3v) is 5.42. The van der Waals surface area contributed by atoms with Gasteiger partial charge in [-0.05, 0) is 37.7 Å². The van der Waals surface area contributed by atoms with Crippen molar-refractivity contribution in [2.45, 2.75) is 17.4 Å². The van der Waals surface area contributed by atoms with E-state index in [0.29, 0.717) is 18.0 Å². The second-order valence-electron chi connectivity index (χ2n) is 4.09. The Morgan fingerprint density at radius 1 is 1.33 bits per heavy atom. The molecule has 1 heterocycles. The van der Waals surface area contributed by atoms with E-state index in [9.17, 15) is 8.42 Å². The van der Waals surface area contributed by atoms with Crippen LogP contribution in [0.15, 0.2) is 33.6 Å². The average molecular weight is 356 g/mol. The summed E-state index contributed by atoms with van der Waals surface area (Å²) in [6.45, 7) is 1.14. The van der Waals surface area contributed by atoms with Crippen LogP contribution in [0.1, 0.15) is 6.42 Å². The highest BCUT2D eigenvalue weighted by molar-refractivity contribution is 9.10. The van der Waals surface area contributed by atoms with Gasteiger partial charge >= 0.3 is 0 Å². The molecule has 2 rings (SSSR count). The molecule has 1 unspecified atom stereocenters. The van der Waals surface area contributed by atoms with Crippen molar-refractivity contribution >= 4 is 38.4 Å². The fourth-order valence-corrected chi connectivity index (χ4v) is 3.70. The quantitative estimate of drug-likeness (QED) is 0.900. The molecule has 4 nitrogen and oxygen atoms in total. The van der Waals surface area contributed by atoms with Gasteiger partial charge in [0.1, 0.15) is 0 Å². The Balaban J connectivity index is 0.00000162. The van der Waals surface area contributed by atoms with Crippen LogP contribution in [0.5, 0.6) is 0 Å². The van der Waals surface area contributed by atoms with E-state index in [4.69, 9.17) is 0 Å². The maximum Gasteiger partial charge on any atom is 0.243 e. The fourth-order valence-electron chi connectivity index (χ4n) is 1.94. The number of halogens is 2. The normalized spacial score (nSPS) is 20.7. The number of hydrogen-bond acceptors (Lipinski definition) is 3. The van der Waals surface area contributed by atoms with Gasteiger partial charge in [-0.3, -0.25) is 0 Å². The van der Waals surface area contributed by atoms with Gasteiger partial charge in [-0.25, -0.2) is 8.42 Å². The van der Waals surface area contributed by atoms with Crippen LogP contribution in [0.4, 0.5) is 0 Å². The summed E-state index contributed by atoms with van der Waals surface area (Å²) in [5.74, 6) is 0. The lowest BCUT2D eigenvalue weighted by Gasteiger charge is -2.16. The van der Waals surface area contributed by atoms with Crippen LogP contribution >= 0.6 is 28.3 Å². The minimum atomic E-state index is -3.33. The first-order valence-corrected chi connectivity index (χ1v) is 7.70. The number of likely N-dealkylation sites (N-methyl/N-ethyl adjacent to an activating group) is 1. The monoisotopic (exact) mass is 354 g/mol. The molecule has 0 aromatic heterocycles. The first-order chi connectivity index (χ1) is 8.04. The summed E-state index contributed by atoms with van der Waals surface area (Å²) in [5, 5.41) is 3.11. The van der Waals surface area contributed by atoms with Gasteiger partial charge in [0, 0.05) is 23.6 Å². The third kappa shape index (κ3) is 3.24. The van der Waals surface area contributed by atoms with Gasteiger partial charge in [-0.15, -0.1) is 12.4 Å². The molecule has 1 aromatic rings. The molecule has 1 saturated heterocycles. The molecule has 0 amide bonds. The largest absolute Gasteiger partial charge is 0.316 e. The molecule has 1 N–H and O–H groups in total. The van der Waals surface area contributed by atoms with Gasteiger partial charge in [0.2, 0.25) is 10.0 Å². The van der Waals surface area contributed by atoms with Crippen LogP contribution in [0.3, 0.4) is 0 Å². The summed E-state index contributed by atoms with van der Waals surface area (Å²) in [6, 6.07) is 7.02. The fraction of sp³-hybridized carbons (Fsp3) is 0.455. The number of rotatable bonds is 3. The van der Waals surface area contributed by atoms with Crippen LogP contribution in [0, 0.1) is 0 Å². The van der Waals surface area contributed by atoms with E-state index in [1.165, 1.54) is 4.31 Å². The number of benzene rings is 1. The first-order valence-electron chi connectivity index (χ1n) is 5.47. The highest BCUT2D eigenvalue weighted by Crippen LogP contribution is 2.22. The molecule has 0 aliphatic carbocycles. The van der Waals surface area contributed by atoms with E-state index in [1.54, 1.807) is 24.3 Å². The summed E-state index contributed by atoms with van der Waals surface area (Å²) in [5.41, 5.74) is 0. The van der Waals surface area contributed by atoms with Gasteiger partial charge < -0.3 is 5.32 Å². The molecule has 1 aliphatic heterocycles. The molecular formula is C11H16BrClN2O2S. The van der Waals surface area contributed by atoms with Crippen molar-refractivity contribution in [3.63, 3.8) is 0 Å². The Bertz CT molecular complexity index is 492. The van der Waals surface area contributed by atoms with Gasteiger partial charge in [-0.2, -0.15) is 4.31 Å². The van der Waals surface area contributed by atoms with Crippen LogP contribution in [0.2, 0.25) is 0 Å². The Hall–Kier alpha value is -0.140. The lowest BCUT2D eigenvalue weighted by molar-refractivity contribution is 0.464. The Kier molecular flexibility index (Phi) is 5.61. The van der Waals surface area contributed by atoms with Gasteiger partial charge in [0.25, 0.3) is 0 Å². The van der Waals surface area contributed by atoms with Crippen molar-refractivity contribution in [1.82, 2.24) is 9.62 Å². The SMILES string of the molecule is CNC1CCN(S(=O)(=O)c2ccc(Br)cc2)C1.Cl. The number of nitrogens with one attached hydrogen (secondary N) is 1. The number of nitrogens with zero attached hydrogens (tertiary/aromatic N) is 1. The van der Waals surface area contributed by atoms with Crippen LogP contribution in [-0.4, -0.2) is 38.9 Å². The van der Waals surface area contributed by atoms with E-state index in [1.807, 2.05) is 7.05 Å². The van der Waals surface area contributed by atoms with Crippen molar-refractivity contribution in [1.29, 1.82) is 0 Å². The van der Waals surface area contributed by atoms with Crippen molar-refractivity contribution < 1.29 is 8.42 Å².